The van der Waals surface area contributed by atoms with E-state index in [-0.39, 0.29) is 0 Å². The number of aromatic nitrogens is 3. The predicted molar refractivity (Wildman–Crippen MR) is 127 cm³/mol. The summed E-state index contributed by atoms with van der Waals surface area (Å²) in [6.07, 6.45) is 5.26. The van der Waals surface area contributed by atoms with E-state index in [0.29, 0.717) is 12.6 Å². The number of hydrogen-bond acceptors (Lipinski definition) is 8. The molecule has 1 fully saturated rings. The van der Waals surface area contributed by atoms with Gasteiger partial charge in [-0.05, 0) is 67.4 Å². The zero-order valence-electron chi connectivity index (χ0n) is 18.1. The van der Waals surface area contributed by atoms with Crippen molar-refractivity contribution in [2.75, 3.05) is 26.7 Å². The molecule has 32 heavy (non-hydrogen) atoms. The average Bonchev–Trinajstić information content (AvgIpc) is 3.31. The number of piperidine rings is 1. The highest BCUT2D eigenvalue weighted by Crippen LogP contribution is 2.28. The number of nitrogens with zero attached hydrogens (tertiary/aromatic N) is 4. The summed E-state index contributed by atoms with van der Waals surface area (Å²) in [5.74, 6) is 0.773. The number of aliphatic hydroxyl groups excluding tert-OH is 1. The molecule has 1 saturated heterocycles. The van der Waals surface area contributed by atoms with Crippen molar-refractivity contribution in [3.63, 3.8) is 0 Å². The first-order chi connectivity index (χ1) is 15.7. The molecule has 4 aromatic rings. The number of likely N-dealkylation sites (tertiary alicyclic amines) is 1. The normalized spacial score (nSPS) is 16.6. The Morgan fingerprint density at radius 2 is 2.03 bits per heavy atom. The molecule has 0 bridgehead atoms. The Labute approximate surface area is 191 Å². The van der Waals surface area contributed by atoms with Crippen molar-refractivity contribution in [2.45, 2.75) is 31.5 Å². The van der Waals surface area contributed by atoms with Gasteiger partial charge in [-0.3, -0.25) is 4.98 Å². The van der Waals surface area contributed by atoms with Crippen molar-refractivity contribution >= 4 is 32.6 Å². The summed E-state index contributed by atoms with van der Waals surface area (Å²) in [6.45, 7) is 3.35. The van der Waals surface area contributed by atoms with Crippen molar-refractivity contribution < 1.29 is 9.84 Å². The van der Waals surface area contributed by atoms with Gasteiger partial charge in [0.2, 0.25) is 0 Å². The highest BCUT2D eigenvalue weighted by Gasteiger charge is 2.22. The summed E-state index contributed by atoms with van der Waals surface area (Å²) in [7, 11) is 1.65. The van der Waals surface area contributed by atoms with E-state index in [0.717, 1.165) is 65.0 Å². The van der Waals surface area contributed by atoms with Crippen LogP contribution < -0.4 is 10.1 Å². The molecule has 0 aliphatic carbocycles. The Balaban J connectivity index is 1.16. The first-order valence-corrected chi connectivity index (χ1v) is 11.8. The van der Waals surface area contributed by atoms with Gasteiger partial charge in [0.15, 0.2) is 0 Å². The third-order valence-corrected chi connectivity index (χ3v) is 6.95. The number of rotatable bonds is 7. The van der Waals surface area contributed by atoms with Gasteiger partial charge >= 0.3 is 0 Å². The maximum absolute atomic E-state index is 11.0. The molecule has 3 aromatic heterocycles. The third kappa shape index (κ3) is 4.59. The van der Waals surface area contributed by atoms with Gasteiger partial charge in [-0.2, -0.15) is 0 Å². The summed E-state index contributed by atoms with van der Waals surface area (Å²) in [4.78, 5) is 16.6. The molecule has 7 nitrogen and oxygen atoms in total. The van der Waals surface area contributed by atoms with Crippen LogP contribution in [-0.4, -0.2) is 57.7 Å². The number of methoxy groups -OCH3 is 1. The molecule has 0 spiro atoms. The van der Waals surface area contributed by atoms with E-state index in [4.69, 9.17) is 4.74 Å². The molecule has 1 unspecified atom stereocenters. The minimum absolute atomic E-state index is 0.473. The van der Waals surface area contributed by atoms with Gasteiger partial charge < -0.3 is 20.1 Å². The number of thiazole rings is 1. The number of β-amino-alcohol motifs (C(OH)–C–C–N with tert-alkyl or cyclic N) is 1. The smallest absolute Gasteiger partial charge is 0.143 e. The Bertz CT molecular complexity index is 1210. The van der Waals surface area contributed by atoms with Crippen LogP contribution in [0.25, 0.3) is 21.3 Å². The lowest BCUT2D eigenvalue weighted by molar-refractivity contribution is 0.0949. The molecular formula is C24H27N5O2S. The van der Waals surface area contributed by atoms with Crippen LogP contribution in [0.2, 0.25) is 0 Å². The van der Waals surface area contributed by atoms with Gasteiger partial charge in [-0.1, -0.05) is 0 Å². The maximum atomic E-state index is 11.0. The molecule has 2 N–H and O–H groups in total. The van der Waals surface area contributed by atoms with Crippen LogP contribution in [0.1, 0.15) is 30.1 Å². The van der Waals surface area contributed by atoms with Gasteiger partial charge in [0.25, 0.3) is 0 Å². The number of hydrogen-bond donors (Lipinski definition) is 2. The number of benzene rings is 1. The molecule has 1 aliphatic rings. The lowest BCUT2D eigenvalue weighted by Gasteiger charge is -2.33. The minimum atomic E-state index is -0.562. The summed E-state index contributed by atoms with van der Waals surface area (Å²) >= 11 is 1.57. The van der Waals surface area contributed by atoms with Crippen LogP contribution in [0.4, 0.5) is 0 Å². The van der Waals surface area contributed by atoms with Crippen molar-refractivity contribution in [3.8, 4) is 5.75 Å². The number of pyridine rings is 2. The van der Waals surface area contributed by atoms with E-state index in [2.05, 4.69) is 31.2 Å². The Morgan fingerprint density at radius 1 is 1.16 bits per heavy atom. The lowest BCUT2D eigenvalue weighted by Crippen LogP contribution is -2.43. The summed E-state index contributed by atoms with van der Waals surface area (Å²) in [5.41, 5.74) is 5.75. The zero-order valence-corrected chi connectivity index (χ0v) is 18.9. The topological polar surface area (TPSA) is 83.4 Å². The minimum Gasteiger partial charge on any atom is -0.497 e. The quantitative estimate of drug-likeness (QED) is 0.446. The van der Waals surface area contributed by atoms with Crippen LogP contribution in [0.5, 0.6) is 5.75 Å². The van der Waals surface area contributed by atoms with Crippen molar-refractivity contribution in [3.05, 3.63) is 59.4 Å². The highest BCUT2D eigenvalue weighted by molar-refractivity contribution is 7.16. The number of ether oxygens (including phenoxy) is 1. The molecule has 4 heterocycles. The van der Waals surface area contributed by atoms with Crippen LogP contribution in [0.3, 0.4) is 0 Å². The first kappa shape index (κ1) is 21.2. The summed E-state index contributed by atoms with van der Waals surface area (Å²) < 4.78 is 5.36. The van der Waals surface area contributed by atoms with Crippen LogP contribution in [0, 0.1) is 0 Å². The van der Waals surface area contributed by atoms with Gasteiger partial charge in [-0.15, -0.1) is 11.3 Å². The van der Waals surface area contributed by atoms with Gasteiger partial charge in [0, 0.05) is 36.9 Å². The van der Waals surface area contributed by atoms with Gasteiger partial charge in [0.05, 0.1) is 24.2 Å². The van der Waals surface area contributed by atoms with E-state index in [9.17, 15) is 5.11 Å². The van der Waals surface area contributed by atoms with E-state index in [1.807, 2.05) is 36.0 Å². The van der Waals surface area contributed by atoms with E-state index in [1.165, 1.54) is 5.56 Å². The molecule has 5 rings (SSSR count). The van der Waals surface area contributed by atoms with Crippen molar-refractivity contribution in [2.24, 2.45) is 0 Å². The van der Waals surface area contributed by atoms with Crippen molar-refractivity contribution in [1.29, 1.82) is 0 Å². The largest absolute Gasteiger partial charge is 0.497 e. The molecule has 166 valence electrons. The fourth-order valence-corrected chi connectivity index (χ4v) is 5.00. The van der Waals surface area contributed by atoms with Gasteiger partial charge in [-0.25, -0.2) is 9.97 Å². The molecule has 0 radical (unpaired) electrons. The van der Waals surface area contributed by atoms with Crippen LogP contribution in [0.15, 0.2) is 48.2 Å². The molecule has 0 saturated carbocycles. The van der Waals surface area contributed by atoms with E-state index >= 15 is 0 Å². The molecule has 1 aromatic carbocycles. The highest BCUT2D eigenvalue weighted by atomic mass is 32.1. The molecule has 1 atom stereocenters. The SMILES string of the molecule is COc1ccc2nccc(C(O)CN3CCC(NCc4cnc5scnc5c4)CC3)c2c1. The predicted octanol–water partition coefficient (Wildman–Crippen LogP) is 3.54. The summed E-state index contributed by atoms with van der Waals surface area (Å²) in [5, 5.41) is 15.6. The van der Waals surface area contributed by atoms with Crippen LogP contribution >= 0.6 is 11.3 Å². The number of fused-ring (bicyclic) bond motifs is 2. The Kier molecular flexibility index (Phi) is 6.27. The third-order valence-electron chi connectivity index (χ3n) is 6.20. The van der Waals surface area contributed by atoms with Crippen LogP contribution in [-0.2, 0) is 6.54 Å². The fraction of sp³-hybridized carbons (Fsp3) is 0.375. The number of aliphatic hydroxyl groups is 1. The molecule has 8 heteroatoms. The average molecular weight is 450 g/mol. The molecule has 1 aliphatic heterocycles. The van der Waals surface area contributed by atoms with Crippen molar-refractivity contribution in [1.82, 2.24) is 25.2 Å². The maximum Gasteiger partial charge on any atom is 0.143 e. The van der Waals surface area contributed by atoms with Gasteiger partial charge in [0.1, 0.15) is 16.1 Å². The Morgan fingerprint density at radius 3 is 2.88 bits per heavy atom. The first-order valence-electron chi connectivity index (χ1n) is 10.9. The second-order valence-electron chi connectivity index (χ2n) is 8.28. The zero-order chi connectivity index (χ0) is 21.9. The standard InChI is InChI=1S/C24H27N5O2S/c1-31-18-2-3-21-20(11-18)19(4-7-25-21)23(30)14-29-8-5-17(6-9-29)26-12-16-10-22-24(27-13-16)32-15-28-22/h2-4,7,10-11,13,15,17,23,26,30H,5-6,8-9,12,14H2,1H3. The monoisotopic (exact) mass is 449 g/mol. The van der Waals surface area contributed by atoms with E-state index in [1.54, 1.807) is 24.6 Å². The lowest BCUT2D eigenvalue weighted by atomic mass is 10.0. The summed E-state index contributed by atoms with van der Waals surface area (Å²) in [6, 6.07) is 10.3. The second kappa shape index (κ2) is 9.46. The molecule has 0 amide bonds. The Hall–Kier alpha value is -2.65. The van der Waals surface area contributed by atoms with E-state index < -0.39 is 6.10 Å². The number of nitrogens with one attached hydrogen (secondary N) is 1. The fourth-order valence-electron chi connectivity index (χ4n) is 4.38. The second-order valence-corrected chi connectivity index (χ2v) is 9.11. The molecular weight excluding hydrogens is 422 g/mol.